The van der Waals surface area contributed by atoms with Crippen molar-refractivity contribution in [1.29, 1.82) is 0 Å². The van der Waals surface area contributed by atoms with Crippen molar-refractivity contribution in [1.82, 2.24) is 19.9 Å². The molecule has 1 aliphatic rings. The minimum atomic E-state index is -0.301. The van der Waals surface area contributed by atoms with Crippen molar-refractivity contribution < 1.29 is 9.13 Å². The van der Waals surface area contributed by atoms with Crippen LogP contribution in [0.15, 0.2) is 48.9 Å². The molecule has 1 unspecified atom stereocenters. The number of nitrogens with zero attached hydrogens (tertiary/aromatic N) is 4. The van der Waals surface area contributed by atoms with E-state index in [1.54, 1.807) is 30.6 Å². The maximum atomic E-state index is 13.0. The first-order valence-corrected chi connectivity index (χ1v) is 8.32. The number of benzene rings is 1. The van der Waals surface area contributed by atoms with Crippen LogP contribution in [0.25, 0.3) is 0 Å². The fraction of sp³-hybridized carbons (Fsp3) is 0.278. The first kappa shape index (κ1) is 15.6. The summed E-state index contributed by atoms with van der Waals surface area (Å²) in [6.45, 7) is 0.866. The van der Waals surface area contributed by atoms with E-state index in [-0.39, 0.29) is 11.9 Å². The van der Waals surface area contributed by atoms with E-state index in [2.05, 4.69) is 24.8 Å². The van der Waals surface area contributed by atoms with E-state index in [9.17, 15) is 4.39 Å². The first-order chi connectivity index (χ1) is 12.3. The highest BCUT2D eigenvalue weighted by Gasteiger charge is 2.28. The van der Waals surface area contributed by atoms with Crippen LogP contribution >= 0.6 is 0 Å². The lowest BCUT2D eigenvalue weighted by molar-refractivity contribution is 0.437. The summed E-state index contributed by atoms with van der Waals surface area (Å²) < 4.78 is 18.7. The molecule has 1 N–H and O–H groups in total. The number of imidazole rings is 1. The maximum Gasteiger partial charge on any atom is 0.229 e. The molecule has 0 radical (unpaired) electrons. The van der Waals surface area contributed by atoms with Crippen LogP contribution in [0.4, 0.5) is 10.3 Å². The second-order valence-electron chi connectivity index (χ2n) is 5.93. The third-order valence-electron chi connectivity index (χ3n) is 4.25. The van der Waals surface area contributed by atoms with E-state index in [4.69, 9.17) is 4.74 Å². The Kier molecular flexibility index (Phi) is 4.28. The number of ether oxygens (including phenoxy) is 1. The van der Waals surface area contributed by atoms with Crippen LogP contribution in [-0.4, -0.2) is 26.5 Å². The number of halogens is 1. The fourth-order valence-electron chi connectivity index (χ4n) is 3.07. The molecule has 128 valence electrons. The lowest BCUT2D eigenvalue weighted by atomic mass is 10.0. The number of hydrogen-bond acceptors (Lipinski definition) is 5. The Hall–Kier alpha value is -2.96. The van der Waals surface area contributed by atoms with Crippen molar-refractivity contribution in [2.45, 2.75) is 25.3 Å². The zero-order valence-electron chi connectivity index (χ0n) is 13.6. The highest BCUT2D eigenvalue weighted by molar-refractivity contribution is 5.37. The van der Waals surface area contributed by atoms with Crippen LogP contribution in [-0.2, 0) is 0 Å². The number of aromatic amines is 1. The van der Waals surface area contributed by atoms with Gasteiger partial charge >= 0.3 is 0 Å². The molecular formula is C18H18FN5O. The molecule has 3 aromatic rings. The summed E-state index contributed by atoms with van der Waals surface area (Å²) in [6.07, 6.45) is 8.50. The van der Waals surface area contributed by atoms with E-state index in [0.29, 0.717) is 17.6 Å². The summed E-state index contributed by atoms with van der Waals surface area (Å²) in [6, 6.07) is 7.68. The average molecular weight is 339 g/mol. The van der Waals surface area contributed by atoms with E-state index in [1.807, 2.05) is 6.20 Å². The van der Waals surface area contributed by atoms with Crippen molar-refractivity contribution in [3.05, 3.63) is 60.6 Å². The number of aromatic nitrogens is 4. The Morgan fingerprint density at radius 1 is 1.08 bits per heavy atom. The van der Waals surface area contributed by atoms with Gasteiger partial charge < -0.3 is 14.6 Å². The van der Waals surface area contributed by atoms with Gasteiger partial charge in [-0.05, 0) is 43.5 Å². The SMILES string of the molecule is Fc1ccc(Oc2ccnc(N3CCCCC3c3ncc[nH]3)n2)cc1. The van der Waals surface area contributed by atoms with Crippen molar-refractivity contribution in [2.75, 3.05) is 11.4 Å². The third kappa shape index (κ3) is 3.45. The smallest absolute Gasteiger partial charge is 0.229 e. The van der Waals surface area contributed by atoms with Crippen LogP contribution in [0.2, 0.25) is 0 Å². The molecule has 6 nitrogen and oxygen atoms in total. The molecule has 4 rings (SSSR count). The molecule has 1 atom stereocenters. The van der Waals surface area contributed by atoms with Crippen LogP contribution in [0.1, 0.15) is 31.1 Å². The number of anilines is 1. The molecule has 2 aromatic heterocycles. The summed E-state index contributed by atoms with van der Waals surface area (Å²) in [5.74, 6) is 2.20. The van der Waals surface area contributed by atoms with Crippen molar-refractivity contribution in [3.8, 4) is 11.6 Å². The van der Waals surface area contributed by atoms with Crippen LogP contribution < -0.4 is 9.64 Å². The van der Waals surface area contributed by atoms with Crippen molar-refractivity contribution in [2.24, 2.45) is 0 Å². The van der Waals surface area contributed by atoms with Gasteiger partial charge in [0, 0.05) is 31.2 Å². The number of rotatable bonds is 4. The van der Waals surface area contributed by atoms with Gasteiger partial charge in [-0.25, -0.2) is 14.4 Å². The van der Waals surface area contributed by atoms with Gasteiger partial charge in [0.15, 0.2) is 0 Å². The van der Waals surface area contributed by atoms with Gasteiger partial charge in [-0.1, -0.05) is 0 Å². The van der Waals surface area contributed by atoms with Gasteiger partial charge in [0.2, 0.25) is 11.8 Å². The predicted octanol–water partition coefficient (Wildman–Crippen LogP) is 3.86. The van der Waals surface area contributed by atoms with Crippen LogP contribution in [0.3, 0.4) is 0 Å². The Morgan fingerprint density at radius 3 is 2.76 bits per heavy atom. The summed E-state index contributed by atoms with van der Waals surface area (Å²) in [5.41, 5.74) is 0. The molecule has 1 aromatic carbocycles. The van der Waals surface area contributed by atoms with Gasteiger partial charge in [0.25, 0.3) is 0 Å². The highest BCUT2D eigenvalue weighted by Crippen LogP contribution is 2.32. The average Bonchev–Trinajstić information content (AvgIpc) is 3.19. The highest BCUT2D eigenvalue weighted by atomic mass is 19.1. The standard InChI is InChI=1S/C18H18FN5O/c19-13-4-6-14(7-5-13)25-16-8-9-22-18(23-16)24-12-2-1-3-15(24)17-20-10-11-21-17/h4-11,15H,1-3,12H2,(H,20,21). The molecule has 7 heteroatoms. The molecule has 0 bridgehead atoms. The molecule has 25 heavy (non-hydrogen) atoms. The zero-order valence-corrected chi connectivity index (χ0v) is 13.6. The summed E-state index contributed by atoms with van der Waals surface area (Å²) in [5, 5.41) is 0. The minimum Gasteiger partial charge on any atom is -0.439 e. The second-order valence-corrected chi connectivity index (χ2v) is 5.93. The summed E-state index contributed by atoms with van der Waals surface area (Å²) in [4.78, 5) is 18.7. The molecule has 1 fully saturated rings. The first-order valence-electron chi connectivity index (χ1n) is 8.32. The number of piperidine rings is 1. The van der Waals surface area contributed by atoms with Gasteiger partial charge in [0.05, 0.1) is 6.04 Å². The van der Waals surface area contributed by atoms with E-state index in [1.165, 1.54) is 12.1 Å². The lowest BCUT2D eigenvalue weighted by Gasteiger charge is -2.34. The van der Waals surface area contributed by atoms with Crippen LogP contribution in [0.5, 0.6) is 11.6 Å². The number of hydrogen-bond donors (Lipinski definition) is 1. The van der Waals surface area contributed by atoms with E-state index >= 15 is 0 Å². The zero-order chi connectivity index (χ0) is 17.1. The molecule has 1 aliphatic heterocycles. The van der Waals surface area contributed by atoms with Crippen LogP contribution in [0, 0.1) is 5.82 Å². The molecule has 0 amide bonds. The molecule has 3 heterocycles. The Bertz CT molecular complexity index is 822. The maximum absolute atomic E-state index is 13.0. The Balaban J connectivity index is 1.58. The Labute approximate surface area is 144 Å². The molecule has 0 saturated carbocycles. The summed E-state index contributed by atoms with van der Waals surface area (Å²) >= 11 is 0. The van der Waals surface area contributed by atoms with Gasteiger partial charge in [-0.15, -0.1) is 0 Å². The molecule has 1 saturated heterocycles. The molecular weight excluding hydrogens is 321 g/mol. The van der Waals surface area contributed by atoms with Crippen molar-refractivity contribution >= 4 is 5.95 Å². The predicted molar refractivity (Wildman–Crippen MR) is 91.0 cm³/mol. The third-order valence-corrected chi connectivity index (χ3v) is 4.25. The Morgan fingerprint density at radius 2 is 1.96 bits per heavy atom. The monoisotopic (exact) mass is 339 g/mol. The second kappa shape index (κ2) is 6.88. The van der Waals surface area contributed by atoms with Gasteiger partial charge in [-0.2, -0.15) is 4.98 Å². The largest absolute Gasteiger partial charge is 0.439 e. The minimum absolute atomic E-state index is 0.129. The summed E-state index contributed by atoms with van der Waals surface area (Å²) in [7, 11) is 0. The molecule has 0 aliphatic carbocycles. The topological polar surface area (TPSA) is 66.9 Å². The fourth-order valence-corrected chi connectivity index (χ4v) is 3.07. The van der Waals surface area contributed by atoms with Gasteiger partial charge in [0.1, 0.15) is 17.4 Å². The number of H-pyrrole nitrogens is 1. The van der Waals surface area contributed by atoms with Gasteiger partial charge in [-0.3, -0.25) is 0 Å². The lowest BCUT2D eigenvalue weighted by Crippen LogP contribution is -2.35. The van der Waals surface area contributed by atoms with E-state index in [0.717, 1.165) is 31.6 Å². The van der Waals surface area contributed by atoms with E-state index < -0.39 is 0 Å². The quantitative estimate of drug-likeness (QED) is 0.782. The number of nitrogens with one attached hydrogen (secondary N) is 1. The molecule has 0 spiro atoms. The normalized spacial score (nSPS) is 17.5. The van der Waals surface area contributed by atoms with Crippen molar-refractivity contribution in [3.63, 3.8) is 0 Å².